The summed E-state index contributed by atoms with van der Waals surface area (Å²) in [5.74, 6) is -0.356. The number of hydrogen-bond donors (Lipinski definition) is 2. The highest BCUT2D eigenvalue weighted by Crippen LogP contribution is 2.13. The van der Waals surface area contributed by atoms with E-state index < -0.39 is 5.54 Å². The second-order valence-electron chi connectivity index (χ2n) is 4.48. The highest BCUT2D eigenvalue weighted by atomic mass is 35.5. The Morgan fingerprint density at radius 3 is 2.47 bits per heavy atom. The van der Waals surface area contributed by atoms with Crippen LogP contribution in [0.1, 0.15) is 37.0 Å². The fourth-order valence-corrected chi connectivity index (χ4v) is 1.84. The van der Waals surface area contributed by atoms with E-state index in [2.05, 4.69) is 5.32 Å². The second kappa shape index (κ2) is 7.31. The summed E-state index contributed by atoms with van der Waals surface area (Å²) < 4.78 is 1.39. The number of hydrogen-bond acceptors (Lipinski definition) is 3. The number of rotatable bonds is 5. The van der Waals surface area contributed by atoms with Gasteiger partial charge < -0.3 is 15.6 Å². The number of nitrogens with zero attached hydrogens (tertiary/aromatic N) is 1. The normalized spacial score (nSPS) is 10.7. The molecule has 0 radical (unpaired) electrons. The van der Waals surface area contributed by atoms with Crippen molar-refractivity contribution in [3.05, 3.63) is 34.2 Å². The first-order valence-electron chi connectivity index (χ1n) is 6.18. The largest absolute Gasteiger partial charge is 0.345 e. The average Bonchev–Trinajstić information content (AvgIpc) is 2.39. The number of halogens is 1. The first-order chi connectivity index (χ1) is 8.49. The summed E-state index contributed by atoms with van der Waals surface area (Å²) in [4.78, 5) is 24.0. The molecular formula is C13H22ClN3O2. The van der Waals surface area contributed by atoms with Crippen LogP contribution in [0.2, 0.25) is 0 Å². The Morgan fingerprint density at radius 1 is 1.42 bits per heavy atom. The Labute approximate surface area is 119 Å². The number of aromatic nitrogens is 1. The topological polar surface area (TPSA) is 77.1 Å². The van der Waals surface area contributed by atoms with Crippen LogP contribution in [0.4, 0.5) is 0 Å². The van der Waals surface area contributed by atoms with Crippen molar-refractivity contribution in [1.29, 1.82) is 0 Å². The molecule has 0 aliphatic rings. The van der Waals surface area contributed by atoms with Crippen LogP contribution in [0, 0.1) is 0 Å². The maximum absolute atomic E-state index is 12.1. The zero-order valence-corrected chi connectivity index (χ0v) is 12.4. The van der Waals surface area contributed by atoms with E-state index in [4.69, 9.17) is 5.73 Å². The van der Waals surface area contributed by atoms with Crippen LogP contribution >= 0.6 is 12.4 Å². The lowest BCUT2D eigenvalue weighted by Crippen LogP contribution is -2.53. The molecule has 1 aromatic heterocycles. The van der Waals surface area contributed by atoms with E-state index in [1.54, 1.807) is 19.3 Å². The summed E-state index contributed by atoms with van der Waals surface area (Å²) >= 11 is 0. The summed E-state index contributed by atoms with van der Waals surface area (Å²) in [7, 11) is 1.62. The van der Waals surface area contributed by atoms with Crippen LogP contribution in [0.3, 0.4) is 0 Å². The maximum atomic E-state index is 12.1. The first-order valence-corrected chi connectivity index (χ1v) is 6.18. The lowest BCUT2D eigenvalue weighted by atomic mass is 9.92. The number of amides is 1. The molecule has 0 aliphatic carbocycles. The molecule has 19 heavy (non-hydrogen) atoms. The standard InChI is InChI=1S/C13H21N3O2.ClH/c1-4-13(5-2,9-14)15-11(17)10-7-6-8-16(3)12(10)18;/h6-8H,4-5,9,14H2,1-3H3,(H,15,17);1H. The fraction of sp³-hybridized carbons (Fsp3) is 0.538. The summed E-state index contributed by atoms with van der Waals surface area (Å²) in [5.41, 5.74) is 5.15. The monoisotopic (exact) mass is 287 g/mol. The van der Waals surface area contributed by atoms with E-state index in [1.165, 1.54) is 10.6 Å². The smallest absolute Gasteiger partial charge is 0.263 e. The van der Waals surface area contributed by atoms with Gasteiger partial charge in [-0.25, -0.2) is 0 Å². The highest BCUT2D eigenvalue weighted by molar-refractivity contribution is 5.94. The average molecular weight is 288 g/mol. The summed E-state index contributed by atoms with van der Waals surface area (Å²) in [6.07, 6.45) is 3.09. The molecule has 1 heterocycles. The number of pyridine rings is 1. The summed E-state index contributed by atoms with van der Waals surface area (Å²) in [5, 5.41) is 2.89. The van der Waals surface area contributed by atoms with Crippen molar-refractivity contribution in [2.24, 2.45) is 12.8 Å². The van der Waals surface area contributed by atoms with E-state index in [1.807, 2.05) is 13.8 Å². The van der Waals surface area contributed by atoms with Crippen molar-refractivity contribution in [2.45, 2.75) is 32.2 Å². The molecule has 1 amide bonds. The van der Waals surface area contributed by atoms with Gasteiger partial charge in [0.2, 0.25) is 0 Å². The van der Waals surface area contributed by atoms with Gasteiger partial charge in [0.15, 0.2) is 0 Å². The van der Waals surface area contributed by atoms with Crippen molar-refractivity contribution >= 4 is 18.3 Å². The van der Waals surface area contributed by atoms with Gasteiger partial charge in [-0.15, -0.1) is 12.4 Å². The molecule has 0 spiro atoms. The predicted molar refractivity (Wildman–Crippen MR) is 78.8 cm³/mol. The van der Waals surface area contributed by atoms with E-state index in [-0.39, 0.29) is 29.4 Å². The molecule has 0 atom stereocenters. The Hall–Kier alpha value is -1.33. The molecule has 1 rings (SSSR count). The van der Waals surface area contributed by atoms with Gasteiger partial charge in [-0.2, -0.15) is 0 Å². The molecule has 0 aliphatic heterocycles. The van der Waals surface area contributed by atoms with Gasteiger partial charge in [-0.05, 0) is 25.0 Å². The van der Waals surface area contributed by atoms with Gasteiger partial charge in [-0.3, -0.25) is 9.59 Å². The van der Waals surface area contributed by atoms with E-state index in [0.29, 0.717) is 6.54 Å². The van der Waals surface area contributed by atoms with E-state index in [9.17, 15) is 9.59 Å². The number of nitrogens with two attached hydrogens (primary N) is 1. The van der Waals surface area contributed by atoms with Gasteiger partial charge in [0, 0.05) is 19.8 Å². The molecule has 108 valence electrons. The molecule has 0 aromatic carbocycles. The van der Waals surface area contributed by atoms with Crippen molar-refractivity contribution in [3.63, 3.8) is 0 Å². The Kier molecular flexibility index (Phi) is 6.79. The third-order valence-electron chi connectivity index (χ3n) is 3.49. The molecule has 6 heteroatoms. The minimum Gasteiger partial charge on any atom is -0.345 e. The molecular weight excluding hydrogens is 266 g/mol. The minimum absolute atomic E-state index is 0. The lowest BCUT2D eigenvalue weighted by molar-refractivity contribution is 0.0893. The number of aryl methyl sites for hydroxylation is 1. The predicted octanol–water partition coefficient (Wildman–Crippen LogP) is 1.05. The van der Waals surface area contributed by atoms with Crippen LogP contribution in [-0.4, -0.2) is 22.6 Å². The van der Waals surface area contributed by atoms with Crippen molar-refractivity contribution in [2.75, 3.05) is 6.54 Å². The van der Waals surface area contributed by atoms with Crippen LogP contribution in [0.25, 0.3) is 0 Å². The first kappa shape index (κ1) is 17.7. The van der Waals surface area contributed by atoms with Crippen LogP contribution in [-0.2, 0) is 7.05 Å². The van der Waals surface area contributed by atoms with Crippen LogP contribution < -0.4 is 16.6 Å². The third-order valence-corrected chi connectivity index (χ3v) is 3.49. The van der Waals surface area contributed by atoms with Gasteiger partial charge in [0.25, 0.3) is 11.5 Å². The number of carbonyl (C=O) groups excluding carboxylic acids is 1. The van der Waals surface area contributed by atoms with Gasteiger partial charge in [0.1, 0.15) is 5.56 Å². The molecule has 0 unspecified atom stereocenters. The molecule has 3 N–H and O–H groups in total. The SMILES string of the molecule is CCC(CC)(CN)NC(=O)c1cccn(C)c1=O.Cl. The fourth-order valence-electron chi connectivity index (χ4n) is 1.84. The maximum Gasteiger partial charge on any atom is 0.263 e. The molecule has 1 aromatic rings. The van der Waals surface area contributed by atoms with Gasteiger partial charge in [0.05, 0.1) is 5.54 Å². The Morgan fingerprint density at radius 2 is 2.00 bits per heavy atom. The minimum atomic E-state index is -0.433. The van der Waals surface area contributed by atoms with Crippen LogP contribution in [0.5, 0.6) is 0 Å². The molecule has 0 saturated carbocycles. The third kappa shape index (κ3) is 3.81. The van der Waals surface area contributed by atoms with Crippen molar-refractivity contribution < 1.29 is 4.79 Å². The van der Waals surface area contributed by atoms with E-state index in [0.717, 1.165) is 12.8 Å². The zero-order valence-electron chi connectivity index (χ0n) is 11.6. The molecule has 0 bridgehead atoms. The van der Waals surface area contributed by atoms with Gasteiger partial charge >= 0.3 is 0 Å². The van der Waals surface area contributed by atoms with Crippen LogP contribution in [0.15, 0.2) is 23.1 Å². The summed E-state index contributed by atoms with van der Waals surface area (Å²) in [6.45, 7) is 4.30. The lowest BCUT2D eigenvalue weighted by Gasteiger charge is -2.31. The summed E-state index contributed by atoms with van der Waals surface area (Å²) in [6, 6.07) is 3.21. The molecule has 5 nitrogen and oxygen atoms in total. The zero-order chi connectivity index (χ0) is 13.8. The van der Waals surface area contributed by atoms with Gasteiger partial charge in [-0.1, -0.05) is 13.8 Å². The second-order valence-corrected chi connectivity index (χ2v) is 4.48. The van der Waals surface area contributed by atoms with E-state index >= 15 is 0 Å². The number of carbonyl (C=O) groups is 1. The Balaban J connectivity index is 0.00000324. The van der Waals surface area contributed by atoms with Crippen molar-refractivity contribution in [3.8, 4) is 0 Å². The number of nitrogens with one attached hydrogen (secondary N) is 1. The Bertz CT molecular complexity index is 473. The quantitative estimate of drug-likeness (QED) is 0.850. The molecule has 0 saturated heterocycles. The molecule has 0 fully saturated rings. The van der Waals surface area contributed by atoms with Crippen molar-refractivity contribution in [1.82, 2.24) is 9.88 Å². The highest BCUT2D eigenvalue weighted by Gasteiger charge is 2.27.